The van der Waals surface area contributed by atoms with Crippen LogP contribution in [0, 0.1) is 5.82 Å². The maximum Gasteiger partial charge on any atom is 0.217 e. The predicted molar refractivity (Wildman–Crippen MR) is 83.1 cm³/mol. The third-order valence-electron chi connectivity index (χ3n) is 3.56. The molecule has 1 aromatic carbocycles. The van der Waals surface area contributed by atoms with E-state index in [2.05, 4.69) is 20.7 Å². The van der Waals surface area contributed by atoms with Crippen LogP contribution in [-0.4, -0.2) is 19.4 Å². The maximum absolute atomic E-state index is 13.6. The molecule has 0 saturated heterocycles. The molecule has 0 radical (unpaired) electrons. The molecular weight excluding hydrogens is 361 g/mol. The molecule has 1 N–H and O–H groups in total. The molecule has 2 rings (SSSR count). The van der Waals surface area contributed by atoms with E-state index in [1.165, 1.54) is 6.07 Å². The second-order valence-electron chi connectivity index (χ2n) is 5.58. The summed E-state index contributed by atoms with van der Waals surface area (Å²) in [4.78, 5) is 0. The van der Waals surface area contributed by atoms with Crippen molar-refractivity contribution in [2.75, 3.05) is 0 Å². The Kier molecular flexibility index (Phi) is 4.95. The van der Waals surface area contributed by atoms with Gasteiger partial charge in [-0.1, -0.05) is 0 Å². The van der Waals surface area contributed by atoms with Gasteiger partial charge in [0.25, 0.3) is 0 Å². The molecule has 118 valence electrons. The van der Waals surface area contributed by atoms with Crippen molar-refractivity contribution in [1.29, 1.82) is 0 Å². The molecule has 0 heterocycles. The highest BCUT2D eigenvalue weighted by atomic mass is 79.9. The van der Waals surface area contributed by atoms with Gasteiger partial charge in [0.2, 0.25) is 10.0 Å². The summed E-state index contributed by atoms with van der Waals surface area (Å²) in [6.07, 6.45) is 2.91. The van der Waals surface area contributed by atoms with Gasteiger partial charge in [0, 0.05) is 18.9 Å². The zero-order chi connectivity index (χ0) is 15.7. The number of nitrogens with one attached hydrogen (secondary N) is 1. The number of sulfonamides is 1. The van der Waals surface area contributed by atoms with Gasteiger partial charge in [-0.15, -0.1) is 0 Å². The zero-order valence-corrected chi connectivity index (χ0v) is 14.4. The van der Waals surface area contributed by atoms with Gasteiger partial charge in [0.15, 0.2) is 5.72 Å². The van der Waals surface area contributed by atoms with Crippen LogP contribution in [0.3, 0.4) is 0 Å². The average molecular weight is 380 g/mol. The van der Waals surface area contributed by atoms with E-state index in [4.69, 9.17) is 4.74 Å². The summed E-state index contributed by atoms with van der Waals surface area (Å²) in [6, 6.07) is 4.43. The minimum absolute atomic E-state index is 0.323. The smallest absolute Gasteiger partial charge is 0.217 e. The second-order valence-corrected chi connectivity index (χ2v) is 8.67. The maximum atomic E-state index is 13.6. The molecule has 1 fully saturated rings. The van der Waals surface area contributed by atoms with Crippen molar-refractivity contribution in [2.45, 2.75) is 50.5 Å². The summed E-state index contributed by atoms with van der Waals surface area (Å²) in [5.41, 5.74) is -0.969. The fourth-order valence-electron chi connectivity index (χ4n) is 2.31. The molecule has 1 aromatic rings. The summed E-state index contributed by atoms with van der Waals surface area (Å²) in [7, 11) is -3.46. The lowest BCUT2D eigenvalue weighted by molar-refractivity contribution is 0.0639. The van der Waals surface area contributed by atoms with E-state index in [9.17, 15) is 12.8 Å². The summed E-state index contributed by atoms with van der Waals surface area (Å²) in [5.74, 6) is -0.114. The molecule has 0 bridgehead atoms. The number of hydrogen-bond donors (Lipinski definition) is 1. The van der Waals surface area contributed by atoms with Gasteiger partial charge in [-0.25, -0.2) is 12.8 Å². The van der Waals surface area contributed by atoms with E-state index in [0.29, 0.717) is 23.1 Å². The van der Waals surface area contributed by atoms with Crippen LogP contribution in [0.25, 0.3) is 0 Å². The van der Waals surface area contributed by atoms with Crippen LogP contribution in [0.2, 0.25) is 0 Å². The Morgan fingerprint density at radius 2 is 1.95 bits per heavy atom. The highest BCUT2D eigenvalue weighted by molar-refractivity contribution is 9.10. The van der Waals surface area contributed by atoms with Crippen molar-refractivity contribution >= 4 is 26.0 Å². The molecule has 1 aliphatic rings. The van der Waals surface area contributed by atoms with Gasteiger partial charge >= 0.3 is 0 Å². The van der Waals surface area contributed by atoms with Gasteiger partial charge in [-0.2, -0.15) is 4.72 Å². The lowest BCUT2D eigenvalue weighted by Crippen LogP contribution is -2.52. The van der Waals surface area contributed by atoms with E-state index >= 15 is 0 Å². The number of hydrogen-bond acceptors (Lipinski definition) is 3. The monoisotopic (exact) mass is 379 g/mol. The average Bonchev–Trinajstić information content (AvgIpc) is 2.81. The van der Waals surface area contributed by atoms with Crippen LogP contribution in [0.5, 0.6) is 5.75 Å². The third kappa shape index (κ3) is 3.96. The molecule has 0 atom stereocenters. The van der Waals surface area contributed by atoms with E-state index in [-0.39, 0.29) is 0 Å². The Balaban J connectivity index is 2.24. The number of rotatable bonds is 5. The molecule has 0 aromatic heterocycles. The summed E-state index contributed by atoms with van der Waals surface area (Å²) in [6.45, 7) is 3.23. The predicted octanol–water partition coefficient (Wildman–Crippen LogP) is 3.57. The van der Waals surface area contributed by atoms with Crippen molar-refractivity contribution in [3.63, 3.8) is 0 Å². The molecule has 0 unspecified atom stereocenters. The topological polar surface area (TPSA) is 55.4 Å². The molecule has 0 amide bonds. The van der Waals surface area contributed by atoms with Crippen molar-refractivity contribution < 1.29 is 17.5 Å². The van der Waals surface area contributed by atoms with Crippen LogP contribution < -0.4 is 9.46 Å². The van der Waals surface area contributed by atoms with Crippen LogP contribution >= 0.6 is 15.9 Å². The molecule has 1 aliphatic carbocycles. The fraction of sp³-hybridized carbons (Fsp3) is 0.571. The molecule has 0 aliphatic heterocycles. The first-order valence-corrected chi connectivity index (χ1v) is 9.25. The van der Waals surface area contributed by atoms with Crippen LogP contribution in [0.15, 0.2) is 22.7 Å². The van der Waals surface area contributed by atoms with Gasteiger partial charge in [0.1, 0.15) is 11.6 Å². The second kappa shape index (κ2) is 6.22. The first kappa shape index (κ1) is 16.7. The lowest BCUT2D eigenvalue weighted by atomic mass is 10.2. The number of halogens is 2. The van der Waals surface area contributed by atoms with E-state index in [1.807, 2.05) is 0 Å². The summed E-state index contributed by atoms with van der Waals surface area (Å²) < 4.78 is 46.7. The van der Waals surface area contributed by atoms with Gasteiger partial charge in [0.05, 0.1) is 9.72 Å². The lowest BCUT2D eigenvalue weighted by Gasteiger charge is -2.31. The van der Waals surface area contributed by atoms with Gasteiger partial charge in [-0.3, -0.25) is 0 Å². The fourth-order valence-corrected chi connectivity index (χ4v) is 3.56. The molecule has 0 spiro atoms. The van der Waals surface area contributed by atoms with Gasteiger partial charge < -0.3 is 4.74 Å². The summed E-state index contributed by atoms with van der Waals surface area (Å²) in [5, 5.41) is -0.541. The standard InChI is InChI=1S/C14H19BrFNO3S/c1-10(2)21(18,19)17-14(7-3-4-8-14)20-11-5-6-12(15)13(16)9-11/h5-6,9-10,17H,3-4,7-8H2,1-2H3. The van der Waals surface area contributed by atoms with Crippen molar-refractivity contribution in [3.8, 4) is 5.75 Å². The molecule has 1 saturated carbocycles. The van der Waals surface area contributed by atoms with Crippen molar-refractivity contribution in [3.05, 3.63) is 28.5 Å². The Morgan fingerprint density at radius 1 is 1.33 bits per heavy atom. The van der Waals surface area contributed by atoms with Crippen molar-refractivity contribution in [2.24, 2.45) is 0 Å². The van der Waals surface area contributed by atoms with Gasteiger partial charge in [-0.05, 0) is 54.8 Å². The molecule has 21 heavy (non-hydrogen) atoms. The van der Waals surface area contributed by atoms with Crippen molar-refractivity contribution in [1.82, 2.24) is 4.72 Å². The van der Waals surface area contributed by atoms with E-state index < -0.39 is 26.8 Å². The molecule has 4 nitrogen and oxygen atoms in total. The highest BCUT2D eigenvalue weighted by Gasteiger charge is 2.40. The SMILES string of the molecule is CC(C)S(=O)(=O)NC1(Oc2ccc(Br)c(F)c2)CCCC1. The number of ether oxygens (including phenoxy) is 1. The third-order valence-corrected chi connectivity index (χ3v) is 6.11. The Bertz CT molecular complexity index is 613. The van der Waals surface area contributed by atoms with Crippen LogP contribution in [0.4, 0.5) is 4.39 Å². The Labute approximate surface area is 133 Å². The Hall–Kier alpha value is -0.660. The van der Waals surface area contributed by atoms with E-state index in [0.717, 1.165) is 12.8 Å². The van der Waals surface area contributed by atoms with Crippen LogP contribution in [0.1, 0.15) is 39.5 Å². The largest absolute Gasteiger partial charge is 0.472 e. The first-order chi connectivity index (χ1) is 9.74. The number of benzene rings is 1. The van der Waals surface area contributed by atoms with E-state index in [1.54, 1.807) is 26.0 Å². The quantitative estimate of drug-likeness (QED) is 0.795. The zero-order valence-electron chi connectivity index (χ0n) is 12.0. The summed E-state index contributed by atoms with van der Waals surface area (Å²) >= 11 is 3.08. The van der Waals surface area contributed by atoms with Crippen LogP contribution in [-0.2, 0) is 10.0 Å². The highest BCUT2D eigenvalue weighted by Crippen LogP contribution is 2.34. The molecular formula is C14H19BrFNO3S. The Morgan fingerprint density at radius 3 is 2.48 bits per heavy atom. The molecule has 7 heteroatoms. The minimum Gasteiger partial charge on any atom is -0.472 e. The first-order valence-electron chi connectivity index (χ1n) is 6.91. The minimum atomic E-state index is -3.46. The normalized spacial score (nSPS) is 18.1.